The highest BCUT2D eigenvalue weighted by Gasteiger charge is 2.50. The molecule has 3 aromatic rings. The monoisotopic (exact) mass is 389 g/mol. The molecule has 29 heavy (non-hydrogen) atoms. The highest BCUT2D eigenvalue weighted by atomic mass is 16.2. The number of carbonyl (C=O) groups is 3. The highest BCUT2D eigenvalue weighted by Crippen LogP contribution is 2.27. The van der Waals surface area contributed by atoms with Crippen LogP contribution in [0.15, 0.2) is 73.1 Å². The second-order valence-corrected chi connectivity index (χ2v) is 6.91. The van der Waals surface area contributed by atoms with E-state index in [-0.39, 0.29) is 5.56 Å². The molecule has 0 aliphatic carbocycles. The standard InChI is InChI=1S/C21H19N5O3/c1-21(17-10-6-3-7-11-17)19(28)26(20(29)23-21)24-18(27)16-12-22-25(14-16)13-15-8-4-2-5-9-15/h2-12,14H,13H2,1H3,(H,23,29)(H,24,27)/t21-/m1/s1. The van der Waals surface area contributed by atoms with Gasteiger partial charge in [-0.05, 0) is 18.1 Å². The van der Waals surface area contributed by atoms with Gasteiger partial charge >= 0.3 is 6.03 Å². The maximum absolute atomic E-state index is 12.9. The lowest BCUT2D eigenvalue weighted by atomic mass is 9.92. The van der Waals surface area contributed by atoms with Crippen molar-refractivity contribution in [1.82, 2.24) is 25.5 Å². The van der Waals surface area contributed by atoms with Crippen LogP contribution in [0, 0.1) is 0 Å². The number of hydrogen-bond acceptors (Lipinski definition) is 4. The average Bonchev–Trinajstić information content (AvgIpc) is 3.28. The molecule has 8 nitrogen and oxygen atoms in total. The average molecular weight is 389 g/mol. The van der Waals surface area contributed by atoms with Crippen LogP contribution in [0.25, 0.3) is 0 Å². The molecule has 8 heteroatoms. The summed E-state index contributed by atoms with van der Waals surface area (Å²) in [6.45, 7) is 2.11. The van der Waals surface area contributed by atoms with E-state index in [1.807, 2.05) is 36.4 Å². The van der Waals surface area contributed by atoms with E-state index in [2.05, 4.69) is 15.8 Å². The lowest BCUT2D eigenvalue weighted by Crippen LogP contribution is -2.47. The molecule has 1 aliphatic heterocycles. The Morgan fingerprint density at radius 2 is 1.72 bits per heavy atom. The first-order valence-corrected chi connectivity index (χ1v) is 9.07. The van der Waals surface area contributed by atoms with Crippen molar-refractivity contribution in [3.63, 3.8) is 0 Å². The second-order valence-electron chi connectivity index (χ2n) is 6.91. The minimum atomic E-state index is -1.25. The van der Waals surface area contributed by atoms with Crippen molar-refractivity contribution in [1.29, 1.82) is 0 Å². The van der Waals surface area contributed by atoms with E-state index >= 15 is 0 Å². The number of nitrogens with zero attached hydrogens (tertiary/aromatic N) is 3. The summed E-state index contributed by atoms with van der Waals surface area (Å²) in [6, 6.07) is 17.9. The SMILES string of the molecule is C[C@]1(c2ccccc2)NC(=O)N(NC(=O)c2cnn(Cc3ccccc3)c2)C1=O. The zero-order chi connectivity index (χ0) is 20.4. The number of nitrogens with one attached hydrogen (secondary N) is 2. The maximum Gasteiger partial charge on any atom is 0.344 e. The second kappa shape index (κ2) is 7.23. The molecule has 4 rings (SSSR count). The molecule has 0 bridgehead atoms. The van der Waals surface area contributed by atoms with Crippen LogP contribution in [0.1, 0.15) is 28.4 Å². The molecule has 146 valence electrons. The fourth-order valence-corrected chi connectivity index (χ4v) is 3.21. The minimum Gasteiger partial charge on any atom is -0.318 e. The van der Waals surface area contributed by atoms with Crippen molar-refractivity contribution >= 4 is 17.8 Å². The Hall–Kier alpha value is -3.94. The number of amides is 4. The summed E-state index contributed by atoms with van der Waals surface area (Å²) in [4.78, 5) is 37.8. The van der Waals surface area contributed by atoms with Crippen LogP contribution in [0.5, 0.6) is 0 Å². The van der Waals surface area contributed by atoms with Crippen LogP contribution in [0.2, 0.25) is 0 Å². The summed E-state index contributed by atoms with van der Waals surface area (Å²) < 4.78 is 1.62. The Bertz CT molecular complexity index is 1060. The van der Waals surface area contributed by atoms with Crippen molar-refractivity contribution in [2.75, 3.05) is 0 Å². The third-order valence-electron chi connectivity index (χ3n) is 4.84. The molecule has 1 atom stereocenters. The lowest BCUT2D eigenvalue weighted by molar-refractivity contribution is -0.132. The van der Waals surface area contributed by atoms with Gasteiger partial charge in [-0.15, -0.1) is 0 Å². The fraction of sp³-hybridized carbons (Fsp3) is 0.143. The molecule has 1 aliphatic rings. The van der Waals surface area contributed by atoms with Gasteiger partial charge in [-0.1, -0.05) is 60.7 Å². The number of hydrazine groups is 1. The van der Waals surface area contributed by atoms with Gasteiger partial charge in [0.15, 0.2) is 0 Å². The largest absolute Gasteiger partial charge is 0.344 e. The number of benzene rings is 2. The molecular formula is C21H19N5O3. The number of rotatable bonds is 5. The Morgan fingerprint density at radius 1 is 1.07 bits per heavy atom. The summed E-state index contributed by atoms with van der Waals surface area (Å²) in [5.41, 5.74) is 3.04. The molecular weight excluding hydrogens is 370 g/mol. The first-order valence-electron chi connectivity index (χ1n) is 9.07. The number of hydrogen-bond donors (Lipinski definition) is 2. The number of carbonyl (C=O) groups excluding carboxylic acids is 3. The van der Waals surface area contributed by atoms with Crippen LogP contribution in [0.4, 0.5) is 4.79 Å². The van der Waals surface area contributed by atoms with Gasteiger partial charge < -0.3 is 5.32 Å². The molecule has 4 amide bonds. The van der Waals surface area contributed by atoms with Gasteiger partial charge in [-0.3, -0.25) is 19.7 Å². The van der Waals surface area contributed by atoms with E-state index in [9.17, 15) is 14.4 Å². The minimum absolute atomic E-state index is 0.245. The molecule has 1 saturated heterocycles. The molecule has 0 radical (unpaired) electrons. The van der Waals surface area contributed by atoms with E-state index in [4.69, 9.17) is 0 Å². The summed E-state index contributed by atoms with van der Waals surface area (Å²) in [7, 11) is 0. The number of aromatic nitrogens is 2. The van der Waals surface area contributed by atoms with Crippen LogP contribution in [0.3, 0.4) is 0 Å². The predicted octanol–water partition coefficient (Wildman–Crippen LogP) is 2.04. The molecule has 0 saturated carbocycles. The van der Waals surface area contributed by atoms with E-state index in [0.29, 0.717) is 17.1 Å². The molecule has 1 aromatic heterocycles. The zero-order valence-electron chi connectivity index (χ0n) is 15.7. The lowest BCUT2D eigenvalue weighted by Gasteiger charge is -2.21. The molecule has 2 heterocycles. The number of urea groups is 1. The smallest absolute Gasteiger partial charge is 0.318 e. The normalized spacial score (nSPS) is 18.6. The molecule has 2 aromatic carbocycles. The van der Waals surface area contributed by atoms with Crippen molar-refractivity contribution < 1.29 is 14.4 Å². The summed E-state index contributed by atoms with van der Waals surface area (Å²) in [5.74, 6) is -1.15. The van der Waals surface area contributed by atoms with Crippen LogP contribution in [-0.2, 0) is 16.9 Å². The van der Waals surface area contributed by atoms with Crippen LogP contribution >= 0.6 is 0 Å². The number of imide groups is 1. The first-order chi connectivity index (χ1) is 14.0. The van der Waals surface area contributed by atoms with Gasteiger partial charge in [0.25, 0.3) is 11.8 Å². The van der Waals surface area contributed by atoms with Crippen molar-refractivity contribution in [2.24, 2.45) is 0 Å². The Morgan fingerprint density at radius 3 is 2.41 bits per heavy atom. The van der Waals surface area contributed by atoms with E-state index in [0.717, 1.165) is 5.56 Å². The Kier molecular flexibility index (Phi) is 4.59. The quantitative estimate of drug-likeness (QED) is 0.653. The van der Waals surface area contributed by atoms with Gasteiger partial charge in [-0.2, -0.15) is 10.1 Å². The third kappa shape index (κ3) is 3.47. The van der Waals surface area contributed by atoms with Gasteiger partial charge in [0.1, 0.15) is 5.54 Å². The van der Waals surface area contributed by atoms with Crippen molar-refractivity contribution in [3.8, 4) is 0 Å². The van der Waals surface area contributed by atoms with E-state index in [1.54, 1.807) is 42.1 Å². The summed E-state index contributed by atoms with van der Waals surface area (Å²) in [6.07, 6.45) is 2.96. The zero-order valence-corrected chi connectivity index (χ0v) is 15.7. The molecule has 0 unspecified atom stereocenters. The van der Waals surface area contributed by atoms with E-state index in [1.165, 1.54) is 6.20 Å². The van der Waals surface area contributed by atoms with Gasteiger partial charge in [-0.25, -0.2) is 4.79 Å². The Labute approximate surface area is 167 Å². The topological polar surface area (TPSA) is 96.3 Å². The predicted molar refractivity (Wildman–Crippen MR) is 104 cm³/mol. The van der Waals surface area contributed by atoms with Crippen molar-refractivity contribution in [3.05, 3.63) is 89.7 Å². The molecule has 2 N–H and O–H groups in total. The summed E-state index contributed by atoms with van der Waals surface area (Å²) >= 11 is 0. The van der Waals surface area contributed by atoms with Crippen LogP contribution < -0.4 is 10.7 Å². The van der Waals surface area contributed by atoms with Crippen LogP contribution in [-0.4, -0.2) is 32.6 Å². The molecule has 0 spiro atoms. The third-order valence-corrected chi connectivity index (χ3v) is 4.84. The first kappa shape index (κ1) is 18.4. The highest BCUT2D eigenvalue weighted by molar-refractivity contribution is 6.09. The van der Waals surface area contributed by atoms with E-state index < -0.39 is 23.4 Å². The van der Waals surface area contributed by atoms with Gasteiger partial charge in [0.05, 0.1) is 18.3 Å². The Balaban J connectivity index is 1.47. The molecule has 1 fully saturated rings. The summed E-state index contributed by atoms with van der Waals surface area (Å²) in [5, 5.41) is 7.53. The maximum atomic E-state index is 12.9. The van der Waals surface area contributed by atoms with Gasteiger partial charge in [0, 0.05) is 6.20 Å². The van der Waals surface area contributed by atoms with Gasteiger partial charge in [0.2, 0.25) is 0 Å². The van der Waals surface area contributed by atoms with Crippen molar-refractivity contribution in [2.45, 2.75) is 19.0 Å². The fourth-order valence-electron chi connectivity index (χ4n) is 3.21.